The van der Waals surface area contributed by atoms with E-state index < -0.39 is 0 Å². The lowest BCUT2D eigenvalue weighted by Gasteiger charge is -2.21. The maximum atomic E-state index is 12.8. The molecule has 0 unspecified atom stereocenters. The van der Waals surface area contributed by atoms with Gasteiger partial charge >= 0.3 is 0 Å². The number of thioether (sulfide) groups is 1. The molecule has 2 amide bonds. The molecule has 1 atom stereocenters. The third-order valence-electron chi connectivity index (χ3n) is 5.64. The van der Waals surface area contributed by atoms with E-state index in [0.29, 0.717) is 26.7 Å². The van der Waals surface area contributed by atoms with Gasteiger partial charge in [-0.15, -0.1) is 21.5 Å². The largest absolute Gasteiger partial charge is 0.342 e. The van der Waals surface area contributed by atoms with Gasteiger partial charge in [-0.25, -0.2) is 4.98 Å². The summed E-state index contributed by atoms with van der Waals surface area (Å²) in [5.41, 5.74) is 3.38. The van der Waals surface area contributed by atoms with Crippen LogP contribution in [0.4, 0.5) is 5.13 Å². The van der Waals surface area contributed by atoms with Crippen LogP contribution in [0.5, 0.6) is 0 Å². The van der Waals surface area contributed by atoms with E-state index in [9.17, 15) is 9.59 Å². The van der Waals surface area contributed by atoms with Gasteiger partial charge in [0, 0.05) is 28.6 Å². The van der Waals surface area contributed by atoms with Gasteiger partial charge in [-0.05, 0) is 37.1 Å². The average Bonchev–Trinajstić information content (AvgIpc) is 3.48. The van der Waals surface area contributed by atoms with Crippen molar-refractivity contribution < 1.29 is 9.59 Å². The first-order valence-corrected chi connectivity index (χ1v) is 13.9. The molecule has 0 saturated heterocycles. The summed E-state index contributed by atoms with van der Waals surface area (Å²) in [6, 6.07) is 14.5. The van der Waals surface area contributed by atoms with Crippen LogP contribution >= 0.6 is 34.7 Å². The van der Waals surface area contributed by atoms with Crippen LogP contribution < -0.4 is 10.6 Å². The van der Waals surface area contributed by atoms with Crippen molar-refractivity contribution in [2.24, 2.45) is 13.0 Å². The van der Waals surface area contributed by atoms with Crippen LogP contribution in [-0.2, 0) is 11.8 Å². The maximum Gasteiger partial charge on any atom is 0.251 e. The van der Waals surface area contributed by atoms with Crippen molar-refractivity contribution in [2.75, 3.05) is 11.1 Å². The molecule has 4 rings (SSSR count). The number of anilines is 1. The number of rotatable bonds is 9. The number of carbonyl (C=O) groups is 2. The summed E-state index contributed by atoms with van der Waals surface area (Å²) in [5.74, 6) is 0.490. The number of hydrogen-bond donors (Lipinski definition) is 2. The molecular formula is C26H27ClN6O2S2. The fraction of sp³-hybridized carbons (Fsp3) is 0.269. The van der Waals surface area contributed by atoms with Gasteiger partial charge in [0.2, 0.25) is 5.91 Å². The Morgan fingerprint density at radius 1 is 1.08 bits per heavy atom. The third-order valence-corrected chi connectivity index (χ3v) is 7.67. The lowest BCUT2D eigenvalue weighted by molar-refractivity contribution is -0.113. The molecule has 2 aromatic heterocycles. The van der Waals surface area contributed by atoms with Gasteiger partial charge in [0.25, 0.3) is 5.91 Å². The molecule has 11 heteroatoms. The minimum atomic E-state index is -0.337. The minimum absolute atomic E-state index is 0.0817. The van der Waals surface area contributed by atoms with Gasteiger partial charge in [-0.2, -0.15) is 0 Å². The standard InChI is InChI=1S/C26H27ClN6O2S2/c1-15(2)22(30-24(35)18-7-5-16(3)6-8-18)23-31-32-26(33(23)4)37-14-21(34)29-25-28-20(13-36-25)17-9-11-19(27)12-10-17/h5-13,15,22H,14H2,1-4H3,(H,30,35)(H,28,29,34)/t22-/m0/s1. The topological polar surface area (TPSA) is 102 Å². The first-order valence-electron chi connectivity index (χ1n) is 11.6. The van der Waals surface area contributed by atoms with Crippen molar-refractivity contribution in [1.82, 2.24) is 25.1 Å². The lowest BCUT2D eigenvalue weighted by Crippen LogP contribution is -2.33. The van der Waals surface area contributed by atoms with Crippen molar-refractivity contribution >= 4 is 51.6 Å². The van der Waals surface area contributed by atoms with Gasteiger partial charge in [-0.1, -0.05) is 67.0 Å². The van der Waals surface area contributed by atoms with Crippen molar-refractivity contribution in [2.45, 2.75) is 32.0 Å². The second-order valence-electron chi connectivity index (χ2n) is 8.84. The highest BCUT2D eigenvalue weighted by Gasteiger charge is 2.25. The van der Waals surface area contributed by atoms with E-state index >= 15 is 0 Å². The van der Waals surface area contributed by atoms with Crippen molar-refractivity contribution in [1.29, 1.82) is 0 Å². The second kappa shape index (κ2) is 11.9. The van der Waals surface area contributed by atoms with Crippen LogP contribution in [0, 0.1) is 12.8 Å². The first-order chi connectivity index (χ1) is 17.7. The molecule has 0 saturated carbocycles. The number of nitrogens with zero attached hydrogens (tertiary/aromatic N) is 4. The number of carbonyl (C=O) groups excluding carboxylic acids is 2. The zero-order valence-electron chi connectivity index (χ0n) is 20.9. The molecule has 0 fully saturated rings. The Bertz CT molecular complexity index is 1380. The summed E-state index contributed by atoms with van der Waals surface area (Å²) >= 11 is 8.58. The number of aromatic nitrogens is 4. The highest BCUT2D eigenvalue weighted by atomic mass is 35.5. The third kappa shape index (κ3) is 6.76. The van der Waals surface area contributed by atoms with Crippen LogP contribution in [0.2, 0.25) is 5.02 Å². The summed E-state index contributed by atoms with van der Waals surface area (Å²) in [7, 11) is 1.84. The molecule has 192 valence electrons. The van der Waals surface area contributed by atoms with E-state index in [4.69, 9.17) is 11.6 Å². The summed E-state index contributed by atoms with van der Waals surface area (Å²) in [5, 5.41) is 18.2. The molecule has 0 aliphatic heterocycles. The van der Waals surface area contributed by atoms with Crippen LogP contribution in [0.3, 0.4) is 0 Å². The monoisotopic (exact) mass is 554 g/mol. The summed E-state index contributed by atoms with van der Waals surface area (Å²) < 4.78 is 1.82. The number of nitrogens with one attached hydrogen (secondary N) is 2. The maximum absolute atomic E-state index is 12.8. The predicted octanol–water partition coefficient (Wildman–Crippen LogP) is 5.76. The van der Waals surface area contributed by atoms with E-state index in [1.54, 1.807) is 24.3 Å². The number of benzene rings is 2. The zero-order chi connectivity index (χ0) is 26.5. The predicted molar refractivity (Wildman–Crippen MR) is 149 cm³/mol. The molecule has 4 aromatic rings. The fourth-order valence-electron chi connectivity index (χ4n) is 3.55. The smallest absolute Gasteiger partial charge is 0.251 e. The van der Waals surface area contributed by atoms with Crippen molar-refractivity contribution in [3.8, 4) is 11.3 Å². The van der Waals surface area contributed by atoms with Crippen molar-refractivity contribution in [3.05, 3.63) is 75.9 Å². The van der Waals surface area contributed by atoms with Gasteiger partial charge in [0.1, 0.15) is 0 Å². The summed E-state index contributed by atoms with van der Waals surface area (Å²) in [4.78, 5) is 29.9. The molecule has 2 heterocycles. The van der Waals surface area contributed by atoms with E-state index in [1.165, 1.54) is 23.1 Å². The highest BCUT2D eigenvalue weighted by Crippen LogP contribution is 2.27. The van der Waals surface area contributed by atoms with E-state index in [1.807, 2.05) is 62.0 Å². The Hall–Kier alpha value is -3.21. The molecule has 2 aromatic carbocycles. The first kappa shape index (κ1) is 26.8. The lowest BCUT2D eigenvalue weighted by atomic mass is 10.0. The highest BCUT2D eigenvalue weighted by molar-refractivity contribution is 7.99. The SMILES string of the molecule is Cc1ccc(C(=O)N[C@H](c2nnc(SCC(=O)Nc3nc(-c4ccc(Cl)cc4)cs3)n2C)C(C)C)cc1. The van der Waals surface area contributed by atoms with Gasteiger partial charge < -0.3 is 15.2 Å². The van der Waals surface area contributed by atoms with Crippen LogP contribution in [0.15, 0.2) is 59.1 Å². The molecule has 0 bridgehead atoms. The van der Waals surface area contributed by atoms with Gasteiger partial charge in [0.05, 0.1) is 17.5 Å². The Kier molecular flexibility index (Phi) is 8.63. The molecule has 8 nitrogen and oxygen atoms in total. The number of aryl methyl sites for hydroxylation is 1. The molecule has 0 aliphatic carbocycles. The summed E-state index contributed by atoms with van der Waals surface area (Å²) in [6.45, 7) is 6.01. The fourth-order valence-corrected chi connectivity index (χ4v) is 5.13. The normalized spacial score (nSPS) is 11.9. The average molecular weight is 555 g/mol. The summed E-state index contributed by atoms with van der Waals surface area (Å²) in [6.07, 6.45) is 0. The Balaban J connectivity index is 1.37. The van der Waals surface area contributed by atoms with Gasteiger partial charge in [0.15, 0.2) is 16.1 Å². The minimum Gasteiger partial charge on any atom is -0.342 e. The molecule has 37 heavy (non-hydrogen) atoms. The number of thiazole rings is 1. The second-order valence-corrected chi connectivity index (χ2v) is 11.1. The van der Waals surface area contributed by atoms with E-state index in [2.05, 4.69) is 25.8 Å². The van der Waals surface area contributed by atoms with Crippen molar-refractivity contribution in [3.63, 3.8) is 0 Å². The molecule has 2 N–H and O–H groups in total. The molecule has 0 radical (unpaired) electrons. The number of amides is 2. The Morgan fingerprint density at radius 2 is 1.78 bits per heavy atom. The zero-order valence-corrected chi connectivity index (χ0v) is 23.2. The molecular weight excluding hydrogens is 528 g/mol. The molecule has 0 aliphatic rings. The van der Waals surface area contributed by atoms with Crippen LogP contribution in [0.25, 0.3) is 11.3 Å². The molecule has 0 spiro atoms. The van der Waals surface area contributed by atoms with E-state index in [-0.39, 0.29) is 29.5 Å². The Morgan fingerprint density at radius 3 is 2.46 bits per heavy atom. The number of halogens is 1. The Labute approximate surface area is 228 Å². The van der Waals surface area contributed by atoms with Crippen LogP contribution in [-0.4, -0.2) is 37.3 Å². The van der Waals surface area contributed by atoms with Crippen LogP contribution in [0.1, 0.15) is 41.6 Å². The van der Waals surface area contributed by atoms with Gasteiger partial charge in [-0.3, -0.25) is 9.59 Å². The quantitative estimate of drug-likeness (QED) is 0.255. The van der Waals surface area contributed by atoms with E-state index in [0.717, 1.165) is 16.8 Å². The number of hydrogen-bond acceptors (Lipinski definition) is 7.